The van der Waals surface area contributed by atoms with Crippen molar-refractivity contribution in [2.45, 2.75) is 6.18 Å². The first kappa shape index (κ1) is 15.0. The predicted molar refractivity (Wildman–Crippen MR) is 43.9 cm³/mol. The van der Waals surface area contributed by atoms with Gasteiger partial charge in [0.1, 0.15) is 6.29 Å². The first-order chi connectivity index (χ1) is 6.99. The molecule has 0 heterocycles. The van der Waals surface area contributed by atoms with Crippen LogP contribution in [0.3, 0.4) is 0 Å². The van der Waals surface area contributed by atoms with Gasteiger partial charge in [-0.15, -0.1) is 0 Å². The fourth-order valence-corrected chi connectivity index (χ4v) is 1.36. The van der Waals surface area contributed by atoms with E-state index in [9.17, 15) is 27.3 Å². The lowest BCUT2D eigenvalue weighted by Gasteiger charge is -2.21. The summed E-state index contributed by atoms with van der Waals surface area (Å²) >= 11 is 0. The zero-order valence-corrected chi connectivity index (χ0v) is 8.53. The Hall–Kier alpha value is -0.960. The molecule has 7 nitrogen and oxygen atoms in total. The van der Waals surface area contributed by atoms with Gasteiger partial charge in [-0.2, -0.15) is 13.2 Å². The average molecular weight is 264 g/mol. The Morgan fingerprint density at radius 1 is 1.31 bits per heavy atom. The van der Waals surface area contributed by atoms with Crippen LogP contribution in [0, 0.1) is 0 Å². The number of halogens is 3. The second kappa shape index (κ2) is 4.91. The molecule has 0 bridgehead atoms. The third-order valence-electron chi connectivity index (χ3n) is 1.29. The highest BCUT2D eigenvalue weighted by Gasteiger charge is 2.46. The van der Waals surface area contributed by atoms with Gasteiger partial charge in [0.15, 0.2) is 0 Å². The van der Waals surface area contributed by atoms with Crippen LogP contribution in [0.5, 0.6) is 0 Å². The summed E-state index contributed by atoms with van der Waals surface area (Å²) in [4.78, 5) is 37.6. The Labute approximate surface area is 87.2 Å². The highest BCUT2D eigenvalue weighted by atomic mass is 31.2. The minimum atomic E-state index is -5.40. The first-order valence-corrected chi connectivity index (χ1v) is 5.45. The van der Waals surface area contributed by atoms with E-state index < -0.39 is 43.3 Å². The molecule has 0 fully saturated rings. The predicted octanol–water partition coefficient (Wildman–Crippen LogP) is -1.00. The van der Waals surface area contributed by atoms with Crippen molar-refractivity contribution in [3.05, 3.63) is 0 Å². The summed E-state index contributed by atoms with van der Waals surface area (Å²) in [5.41, 5.74) is 4.71. The van der Waals surface area contributed by atoms with Crippen molar-refractivity contribution in [3.8, 4) is 0 Å². The molecule has 0 saturated heterocycles. The van der Waals surface area contributed by atoms with Gasteiger partial charge in [0.2, 0.25) is 5.91 Å². The number of imide groups is 1. The normalized spacial score (nSPS) is 12.4. The van der Waals surface area contributed by atoms with E-state index in [0.717, 1.165) is 0 Å². The fourth-order valence-electron chi connectivity index (χ4n) is 0.704. The van der Waals surface area contributed by atoms with Crippen molar-refractivity contribution in [2.24, 2.45) is 5.73 Å². The van der Waals surface area contributed by atoms with Crippen molar-refractivity contribution >= 4 is 19.4 Å². The maximum Gasteiger partial charge on any atom is 0.471 e. The Balaban J connectivity index is 5.05. The van der Waals surface area contributed by atoms with Crippen molar-refractivity contribution in [1.29, 1.82) is 0 Å². The average Bonchev–Trinajstić information content (AvgIpc) is 2.09. The molecular formula is C5H8F3N2O5P. The van der Waals surface area contributed by atoms with Crippen molar-refractivity contribution in [1.82, 2.24) is 4.90 Å². The standard InChI is InChI=1S/C5H8F3N2O5P/c6-5(7,8)4(12)10(3(11)1-9)2-16(13,14)15/h1-2,9H2,(H2,13,14,15). The Morgan fingerprint density at radius 2 is 1.75 bits per heavy atom. The maximum absolute atomic E-state index is 11.9. The molecular weight excluding hydrogens is 256 g/mol. The van der Waals surface area contributed by atoms with Crippen LogP contribution in [0.1, 0.15) is 0 Å². The first-order valence-electron chi connectivity index (χ1n) is 3.65. The van der Waals surface area contributed by atoms with Gasteiger partial charge in [0, 0.05) is 0 Å². The summed E-state index contributed by atoms with van der Waals surface area (Å²) < 4.78 is 46.2. The molecule has 0 aromatic rings. The Bertz CT molecular complexity index is 337. The number of nitrogens with two attached hydrogens (primary N) is 1. The quantitative estimate of drug-likeness (QED) is 0.562. The number of carbonyl (C=O) groups is 2. The number of carbonyl (C=O) groups excluding carboxylic acids is 2. The van der Waals surface area contributed by atoms with Gasteiger partial charge < -0.3 is 15.5 Å². The summed E-state index contributed by atoms with van der Waals surface area (Å²) in [6.45, 7) is -0.970. The second-order valence-electron chi connectivity index (χ2n) is 2.63. The van der Waals surface area contributed by atoms with Crippen LogP contribution in [0.2, 0.25) is 0 Å². The minimum absolute atomic E-state index is 0.610. The molecule has 0 aliphatic carbocycles. The minimum Gasteiger partial charge on any atom is -0.323 e. The third kappa shape index (κ3) is 4.71. The lowest BCUT2D eigenvalue weighted by atomic mass is 10.4. The van der Waals surface area contributed by atoms with Crippen LogP contribution in [-0.4, -0.2) is 45.5 Å². The molecule has 0 aliphatic heterocycles. The summed E-state index contributed by atoms with van der Waals surface area (Å²) in [6, 6.07) is 0. The summed E-state index contributed by atoms with van der Waals surface area (Å²) in [7, 11) is -4.98. The summed E-state index contributed by atoms with van der Waals surface area (Å²) in [6.07, 6.45) is -7.05. The number of hydrogen-bond donors (Lipinski definition) is 3. The lowest BCUT2D eigenvalue weighted by molar-refractivity contribution is -0.186. The molecule has 0 aromatic carbocycles. The van der Waals surface area contributed by atoms with Crippen molar-refractivity contribution < 1.29 is 37.1 Å². The summed E-state index contributed by atoms with van der Waals surface area (Å²) in [5, 5.41) is 0. The molecule has 0 radical (unpaired) electrons. The van der Waals surface area contributed by atoms with E-state index in [2.05, 4.69) is 0 Å². The van der Waals surface area contributed by atoms with E-state index in [1.54, 1.807) is 0 Å². The van der Waals surface area contributed by atoms with Crippen molar-refractivity contribution in [3.63, 3.8) is 0 Å². The van der Waals surface area contributed by atoms with Crippen molar-refractivity contribution in [2.75, 3.05) is 12.8 Å². The fraction of sp³-hybridized carbons (Fsp3) is 0.600. The molecule has 16 heavy (non-hydrogen) atoms. The van der Waals surface area contributed by atoms with E-state index in [0.29, 0.717) is 0 Å². The highest BCUT2D eigenvalue weighted by molar-refractivity contribution is 7.51. The van der Waals surface area contributed by atoms with Crippen LogP contribution in [0.15, 0.2) is 0 Å². The highest BCUT2D eigenvalue weighted by Crippen LogP contribution is 2.36. The number of amides is 2. The molecule has 0 saturated carbocycles. The van der Waals surface area contributed by atoms with E-state index in [1.807, 2.05) is 0 Å². The molecule has 4 N–H and O–H groups in total. The van der Waals surface area contributed by atoms with Crippen LogP contribution in [0.4, 0.5) is 13.2 Å². The third-order valence-corrected chi connectivity index (χ3v) is 1.94. The Morgan fingerprint density at radius 3 is 2.00 bits per heavy atom. The van der Waals surface area contributed by atoms with E-state index in [-0.39, 0.29) is 0 Å². The molecule has 11 heteroatoms. The molecule has 94 valence electrons. The Kier molecular flexibility index (Phi) is 4.62. The molecule has 0 unspecified atom stereocenters. The van der Waals surface area contributed by atoms with Crippen LogP contribution in [-0.2, 0) is 14.2 Å². The van der Waals surface area contributed by atoms with E-state index in [1.165, 1.54) is 0 Å². The van der Waals surface area contributed by atoms with E-state index in [4.69, 9.17) is 15.5 Å². The molecule has 0 rings (SSSR count). The van der Waals surface area contributed by atoms with Gasteiger partial charge >= 0.3 is 19.7 Å². The van der Waals surface area contributed by atoms with Gasteiger partial charge in [-0.05, 0) is 0 Å². The van der Waals surface area contributed by atoms with Gasteiger partial charge in [-0.3, -0.25) is 19.1 Å². The van der Waals surface area contributed by atoms with Gasteiger partial charge in [0.25, 0.3) is 0 Å². The molecule has 0 atom stereocenters. The molecule has 0 aromatic heterocycles. The number of nitrogens with zero attached hydrogens (tertiary/aromatic N) is 1. The van der Waals surface area contributed by atoms with Crippen LogP contribution < -0.4 is 5.73 Å². The van der Waals surface area contributed by atoms with Gasteiger partial charge in [-0.25, -0.2) is 0 Å². The zero-order chi connectivity index (χ0) is 13.1. The number of hydrogen-bond acceptors (Lipinski definition) is 4. The summed E-state index contributed by atoms with van der Waals surface area (Å²) in [5.74, 6) is -4.18. The van der Waals surface area contributed by atoms with Gasteiger partial charge in [-0.1, -0.05) is 0 Å². The maximum atomic E-state index is 11.9. The van der Waals surface area contributed by atoms with E-state index >= 15 is 0 Å². The lowest BCUT2D eigenvalue weighted by Crippen LogP contribution is -2.47. The monoisotopic (exact) mass is 264 g/mol. The molecule has 0 spiro atoms. The number of alkyl halides is 3. The van der Waals surface area contributed by atoms with Crippen LogP contribution >= 0.6 is 7.60 Å². The topological polar surface area (TPSA) is 121 Å². The molecule has 2 amide bonds. The van der Waals surface area contributed by atoms with Gasteiger partial charge in [0.05, 0.1) is 6.54 Å². The number of rotatable bonds is 3. The molecule has 0 aliphatic rings. The SMILES string of the molecule is NCC(=O)N(CP(=O)(O)O)C(=O)C(F)(F)F. The second-order valence-corrected chi connectivity index (χ2v) is 4.25. The zero-order valence-electron chi connectivity index (χ0n) is 7.64. The smallest absolute Gasteiger partial charge is 0.323 e. The largest absolute Gasteiger partial charge is 0.471 e. The van der Waals surface area contributed by atoms with Crippen LogP contribution in [0.25, 0.3) is 0 Å².